The van der Waals surface area contributed by atoms with Crippen LogP contribution in [0.2, 0.25) is 54.4 Å². The van der Waals surface area contributed by atoms with Crippen molar-refractivity contribution in [3.05, 3.63) is 36.0 Å². The Morgan fingerprint density at radius 1 is 0.873 bits per heavy atom. The van der Waals surface area contributed by atoms with E-state index < -0.39 is 60.8 Å². The minimum absolute atomic E-state index is 0.0765. The average molecular weight is 1050 g/mol. The van der Waals surface area contributed by atoms with Crippen LogP contribution >= 0.6 is 0 Å². The Hall–Kier alpha value is -1.67. The molecule has 2 saturated heterocycles. The van der Waals surface area contributed by atoms with Gasteiger partial charge >= 0.3 is 12.1 Å². The molecule has 1 amide bonds. The fourth-order valence-corrected chi connectivity index (χ4v) is 20.2. The Kier molecular flexibility index (Phi) is 26.5. The molecular formula is C56H106N2O10Si3. The van der Waals surface area contributed by atoms with Gasteiger partial charge in [0.15, 0.2) is 37.3 Å². The standard InChI is InChI=1S/C56H106N2O10Si3/c1-19-48(67-70(24-6,25-7)26-8)45(14)53-49(62-53)42-55(16,68-71(27-9,28-10)29-11)35-30-31-43(12)52-44(13)32-33-50(63-54(60)58-39-37-57(18)38-40-58)56(17,65-46(15)61-20-2)36-34-47(41-51(59)64-52)66-69(21-3,22-4)23-5/h30-33,35,44-50,52-53H,19-29,34,36-42H2,1-18H3/b33-32-,35-30+,43-31+/t44-,45+,46?,47+,48-,49-,50-,52+,53-,55-,56+/m0/s1. The van der Waals surface area contributed by atoms with Gasteiger partial charge in [-0.25, -0.2) is 4.79 Å². The zero-order chi connectivity index (χ0) is 53.2. The number of nitrogens with zero attached hydrogens (tertiary/aromatic N) is 2. The highest BCUT2D eigenvalue weighted by molar-refractivity contribution is 6.74. The number of cyclic esters (lactones) is 1. The molecule has 1 unspecified atom stereocenters. The van der Waals surface area contributed by atoms with Crippen LogP contribution in [0, 0.1) is 11.8 Å². The van der Waals surface area contributed by atoms with Gasteiger partial charge in [-0.05, 0) is 127 Å². The molecule has 0 saturated carbocycles. The third-order valence-corrected chi connectivity index (χ3v) is 31.3. The van der Waals surface area contributed by atoms with Gasteiger partial charge in [-0.2, -0.15) is 0 Å². The maximum atomic E-state index is 14.3. The van der Waals surface area contributed by atoms with Crippen LogP contribution in [0.1, 0.15) is 150 Å². The summed E-state index contributed by atoms with van der Waals surface area (Å²) in [7, 11) is -3.95. The van der Waals surface area contributed by atoms with Crippen molar-refractivity contribution in [1.29, 1.82) is 0 Å². The third-order valence-electron chi connectivity index (χ3n) is 17.2. The SMILES string of the molecule is CCOC(C)O[C@]1(C)CC[C@@H](O[Si](CC)(CC)CC)CC(=O)O[C@H](/C(C)=C/C=C/[C@@](C)(C[C@@H]2O[C@H]2[C@H](C)[C@H](CC)O[Si](CC)(CC)CC)O[Si](CC)(CC)CC)[C@@H](C)/C=C\[C@@H]1OC(=O)N1CCN(C)CC1. The monoisotopic (exact) mass is 1050 g/mol. The van der Waals surface area contributed by atoms with Crippen molar-refractivity contribution in [3.8, 4) is 0 Å². The number of allylic oxidation sites excluding steroid dienone is 2. The predicted molar refractivity (Wildman–Crippen MR) is 298 cm³/mol. The number of esters is 1. The van der Waals surface area contributed by atoms with Crippen molar-refractivity contribution >= 4 is 37.0 Å². The largest absolute Gasteiger partial charge is 0.457 e. The van der Waals surface area contributed by atoms with E-state index in [4.69, 9.17) is 37.0 Å². The Morgan fingerprint density at radius 3 is 1.99 bits per heavy atom. The third kappa shape index (κ3) is 18.3. The summed E-state index contributed by atoms with van der Waals surface area (Å²) < 4.78 is 54.0. The van der Waals surface area contributed by atoms with Crippen LogP contribution in [0.3, 0.4) is 0 Å². The number of hydrogen-bond donors (Lipinski definition) is 0. The molecule has 11 atom stereocenters. The van der Waals surface area contributed by atoms with Gasteiger partial charge in [0.25, 0.3) is 0 Å². The van der Waals surface area contributed by atoms with Crippen LogP contribution in [0.15, 0.2) is 36.0 Å². The van der Waals surface area contributed by atoms with Crippen molar-refractivity contribution in [2.75, 3.05) is 39.8 Å². The molecule has 0 radical (unpaired) electrons. The van der Waals surface area contributed by atoms with Crippen LogP contribution in [-0.4, -0.2) is 141 Å². The molecule has 0 spiro atoms. The number of epoxide rings is 1. The van der Waals surface area contributed by atoms with E-state index in [-0.39, 0.29) is 48.6 Å². The number of carbonyl (C=O) groups excluding carboxylic acids is 2. The minimum Gasteiger partial charge on any atom is -0.457 e. The molecule has 0 N–H and O–H groups in total. The second-order valence-electron chi connectivity index (χ2n) is 21.9. The second-order valence-corrected chi connectivity index (χ2v) is 36.0. The molecule has 0 aromatic heterocycles. The van der Waals surface area contributed by atoms with Gasteiger partial charge in [0.05, 0.1) is 30.3 Å². The molecular weight excluding hydrogens is 945 g/mol. The lowest BCUT2D eigenvalue weighted by atomic mass is 9.88. The number of hydrogen-bond acceptors (Lipinski definition) is 11. The first-order valence-corrected chi connectivity index (χ1v) is 36.1. The van der Waals surface area contributed by atoms with E-state index >= 15 is 0 Å². The van der Waals surface area contributed by atoms with E-state index in [0.717, 1.165) is 85.9 Å². The topological polar surface area (TPSA) is 118 Å². The first kappa shape index (κ1) is 63.6. The Balaban J connectivity index is 2.10. The minimum atomic E-state index is -2.17. The zero-order valence-electron chi connectivity index (χ0n) is 48.5. The van der Waals surface area contributed by atoms with E-state index in [9.17, 15) is 9.59 Å². The molecule has 3 aliphatic heterocycles. The van der Waals surface area contributed by atoms with Gasteiger partial charge in [-0.15, -0.1) is 0 Å². The van der Waals surface area contributed by atoms with E-state index in [0.29, 0.717) is 32.5 Å². The van der Waals surface area contributed by atoms with Crippen LogP contribution < -0.4 is 0 Å². The quantitative estimate of drug-likeness (QED) is 0.0186. The summed E-state index contributed by atoms with van der Waals surface area (Å²) in [6, 6.07) is 9.37. The summed E-state index contributed by atoms with van der Waals surface area (Å²) in [4.78, 5) is 32.4. The first-order chi connectivity index (χ1) is 33.6. The summed E-state index contributed by atoms with van der Waals surface area (Å²) in [5.74, 6) is -0.290. The summed E-state index contributed by atoms with van der Waals surface area (Å²) in [5, 5.41) is 0. The van der Waals surface area contributed by atoms with Crippen molar-refractivity contribution in [3.63, 3.8) is 0 Å². The van der Waals surface area contributed by atoms with E-state index in [2.05, 4.69) is 120 Å². The van der Waals surface area contributed by atoms with Crippen LogP contribution in [0.25, 0.3) is 0 Å². The number of rotatable bonds is 28. The molecule has 0 bridgehead atoms. The summed E-state index contributed by atoms with van der Waals surface area (Å²) in [6.45, 7) is 40.3. The number of piperazine rings is 1. The molecule has 3 aliphatic rings. The molecule has 3 rings (SSSR count). The molecule has 0 aliphatic carbocycles. The van der Waals surface area contributed by atoms with Gasteiger partial charge < -0.3 is 46.8 Å². The van der Waals surface area contributed by atoms with E-state index in [1.165, 1.54) is 0 Å². The fraction of sp³-hybridized carbons (Fsp3) is 0.857. The van der Waals surface area contributed by atoms with Crippen LogP contribution in [0.4, 0.5) is 4.79 Å². The van der Waals surface area contributed by atoms with Crippen molar-refractivity contribution in [2.24, 2.45) is 11.8 Å². The molecule has 0 aromatic carbocycles. The summed E-state index contributed by atoms with van der Waals surface area (Å²) in [6.07, 6.45) is 10.9. The fourth-order valence-electron chi connectivity index (χ4n) is 11.2. The van der Waals surface area contributed by atoms with E-state index in [1.54, 1.807) is 4.90 Å². The van der Waals surface area contributed by atoms with Gasteiger partial charge in [0.1, 0.15) is 11.7 Å². The highest BCUT2D eigenvalue weighted by atomic mass is 28.4. The lowest BCUT2D eigenvalue weighted by molar-refractivity contribution is -0.222. The van der Waals surface area contributed by atoms with Gasteiger partial charge in [0, 0.05) is 57.1 Å². The molecule has 0 aromatic rings. The highest BCUT2D eigenvalue weighted by Gasteiger charge is 2.51. The molecule has 12 nitrogen and oxygen atoms in total. The van der Waals surface area contributed by atoms with Crippen LogP contribution in [0.5, 0.6) is 0 Å². The molecule has 3 heterocycles. The number of amides is 1. The second kappa shape index (κ2) is 29.6. The lowest BCUT2D eigenvalue weighted by Crippen LogP contribution is -2.52. The number of ether oxygens (including phenoxy) is 5. The lowest BCUT2D eigenvalue weighted by Gasteiger charge is -2.41. The van der Waals surface area contributed by atoms with Crippen molar-refractivity contribution < 1.29 is 46.6 Å². The summed E-state index contributed by atoms with van der Waals surface area (Å²) in [5.41, 5.74) is -0.678. The normalized spacial score (nSPS) is 28.3. The van der Waals surface area contributed by atoms with Crippen molar-refractivity contribution in [1.82, 2.24) is 9.80 Å². The van der Waals surface area contributed by atoms with E-state index in [1.807, 2.05) is 39.8 Å². The smallest absolute Gasteiger partial charge is 0.410 e. The van der Waals surface area contributed by atoms with Gasteiger partial charge in [-0.3, -0.25) is 4.79 Å². The molecule has 412 valence electrons. The maximum Gasteiger partial charge on any atom is 0.410 e. The zero-order valence-corrected chi connectivity index (χ0v) is 51.5. The molecule has 15 heteroatoms. The predicted octanol–water partition coefficient (Wildman–Crippen LogP) is 13.5. The number of carbonyl (C=O) groups is 2. The average Bonchev–Trinajstić information content (AvgIpc) is 4.13. The Bertz CT molecular complexity index is 1660. The van der Waals surface area contributed by atoms with Gasteiger partial charge in [-0.1, -0.05) is 107 Å². The number of likely N-dealkylation sites (N-methyl/N-ethyl adjacent to an activating group) is 1. The molecule has 71 heavy (non-hydrogen) atoms. The molecule has 2 fully saturated rings. The van der Waals surface area contributed by atoms with Crippen molar-refractivity contribution in [2.45, 2.75) is 258 Å². The maximum absolute atomic E-state index is 14.3. The summed E-state index contributed by atoms with van der Waals surface area (Å²) >= 11 is 0. The van der Waals surface area contributed by atoms with Gasteiger partial charge in [0.2, 0.25) is 0 Å². The Labute approximate surface area is 437 Å². The Morgan fingerprint density at radius 2 is 1.45 bits per heavy atom. The first-order valence-electron chi connectivity index (χ1n) is 28.5. The highest BCUT2D eigenvalue weighted by Crippen LogP contribution is 2.43. The van der Waals surface area contributed by atoms with Crippen LogP contribution in [-0.2, 0) is 41.8 Å².